The van der Waals surface area contributed by atoms with E-state index in [1.54, 1.807) is 29.7 Å². The second-order valence-corrected chi connectivity index (χ2v) is 5.20. The van der Waals surface area contributed by atoms with Gasteiger partial charge in [-0.3, -0.25) is 4.79 Å². The second kappa shape index (κ2) is 8.29. The van der Waals surface area contributed by atoms with Gasteiger partial charge in [0.05, 0.1) is 10.5 Å². The van der Waals surface area contributed by atoms with Crippen molar-refractivity contribution in [3.8, 4) is 5.40 Å². The lowest BCUT2D eigenvalue weighted by Crippen LogP contribution is -2.17. The maximum atomic E-state index is 13.0. The monoisotopic (exact) mass is 326 g/mol. The van der Waals surface area contributed by atoms with E-state index in [1.165, 1.54) is 11.9 Å². The van der Waals surface area contributed by atoms with Crippen LogP contribution >= 0.6 is 11.8 Å². The highest BCUT2D eigenvalue weighted by Crippen LogP contribution is 2.29. The quantitative estimate of drug-likeness (QED) is 0.345. The Balaban J connectivity index is 3.01. The average molecular weight is 326 g/mol. The number of carbonyl (C=O) groups is 1. The number of carbonyl (C=O) groups excluding carboxylic acids is 1. The third-order valence-corrected chi connectivity index (χ3v) is 3.08. The molecule has 0 aliphatic rings. The third kappa shape index (κ3) is 6.06. The normalized spacial score (nSPS) is 12.7. The molecule has 1 aromatic rings. The number of nitrogens with zero attached hydrogens (tertiary/aromatic N) is 2. The molecule has 0 N–H and O–H groups in total. The Morgan fingerprint density at radius 3 is 2.50 bits per heavy atom. The van der Waals surface area contributed by atoms with Gasteiger partial charge in [-0.2, -0.15) is 18.4 Å². The molecule has 0 aliphatic heterocycles. The van der Waals surface area contributed by atoms with Gasteiger partial charge in [0.25, 0.3) is 0 Å². The van der Waals surface area contributed by atoms with Crippen LogP contribution in [0.3, 0.4) is 0 Å². The molecule has 22 heavy (non-hydrogen) atoms. The SMILES string of the molecule is CN(/C=C(\C=C(/C=O)SC#N)C(F)(F)F)Cc1ccccc1. The van der Waals surface area contributed by atoms with E-state index in [9.17, 15) is 18.0 Å². The maximum Gasteiger partial charge on any atom is 0.417 e. The summed E-state index contributed by atoms with van der Waals surface area (Å²) >= 11 is 0.391. The van der Waals surface area contributed by atoms with Crippen LogP contribution in [0, 0.1) is 10.7 Å². The van der Waals surface area contributed by atoms with E-state index in [0.717, 1.165) is 11.8 Å². The fraction of sp³-hybridized carbons (Fsp3) is 0.200. The van der Waals surface area contributed by atoms with Crippen molar-refractivity contribution in [3.63, 3.8) is 0 Å². The number of thiocyanates is 1. The number of rotatable bonds is 6. The predicted octanol–water partition coefficient (Wildman–Crippen LogP) is 3.86. The second-order valence-electron chi connectivity index (χ2n) is 4.34. The van der Waals surface area contributed by atoms with Crippen LogP contribution < -0.4 is 0 Å². The molecule has 0 heterocycles. The summed E-state index contributed by atoms with van der Waals surface area (Å²) in [5.41, 5.74) is -0.135. The van der Waals surface area contributed by atoms with Crippen LogP contribution in [0.4, 0.5) is 13.2 Å². The molecule has 0 aromatic heterocycles. The minimum absolute atomic E-state index is 0.227. The molecule has 0 amide bonds. The van der Waals surface area contributed by atoms with Crippen molar-refractivity contribution >= 4 is 18.0 Å². The molecule has 0 radical (unpaired) electrons. The molecule has 7 heteroatoms. The fourth-order valence-corrected chi connectivity index (χ4v) is 1.98. The van der Waals surface area contributed by atoms with E-state index in [0.29, 0.717) is 17.8 Å². The van der Waals surface area contributed by atoms with Gasteiger partial charge in [-0.15, -0.1) is 0 Å². The van der Waals surface area contributed by atoms with Gasteiger partial charge in [0.2, 0.25) is 0 Å². The number of aldehydes is 1. The Morgan fingerprint density at radius 1 is 1.36 bits per heavy atom. The van der Waals surface area contributed by atoms with Crippen LogP contribution in [0.15, 0.2) is 53.1 Å². The Bertz CT molecular complexity index is 603. The van der Waals surface area contributed by atoms with Crippen molar-refractivity contribution in [2.75, 3.05) is 7.05 Å². The summed E-state index contributed by atoms with van der Waals surface area (Å²) in [6.07, 6.45) is -2.81. The largest absolute Gasteiger partial charge is 0.417 e. The van der Waals surface area contributed by atoms with Crippen molar-refractivity contribution in [3.05, 3.63) is 58.6 Å². The Labute approximate surface area is 130 Å². The molecule has 0 bridgehead atoms. The predicted molar refractivity (Wildman–Crippen MR) is 79.4 cm³/mol. The minimum atomic E-state index is -4.62. The van der Waals surface area contributed by atoms with Crippen molar-refractivity contribution in [1.82, 2.24) is 4.90 Å². The van der Waals surface area contributed by atoms with Gasteiger partial charge in [0.15, 0.2) is 6.29 Å². The molecule has 3 nitrogen and oxygen atoms in total. The number of hydrogen-bond donors (Lipinski definition) is 0. The molecule has 116 valence electrons. The van der Waals surface area contributed by atoms with E-state index in [4.69, 9.17) is 5.26 Å². The van der Waals surface area contributed by atoms with Crippen LogP contribution in [0.5, 0.6) is 0 Å². The molecule has 1 rings (SSSR count). The van der Waals surface area contributed by atoms with Crippen LogP contribution in [0.2, 0.25) is 0 Å². The van der Waals surface area contributed by atoms with Gasteiger partial charge in [-0.1, -0.05) is 30.3 Å². The van der Waals surface area contributed by atoms with Crippen molar-refractivity contribution in [2.45, 2.75) is 12.7 Å². The first-order valence-electron chi connectivity index (χ1n) is 6.13. The zero-order chi connectivity index (χ0) is 16.6. The van der Waals surface area contributed by atoms with E-state index < -0.39 is 11.7 Å². The number of halogens is 3. The van der Waals surface area contributed by atoms with Crippen LogP contribution in [0.25, 0.3) is 0 Å². The number of hydrogen-bond acceptors (Lipinski definition) is 4. The molecule has 0 fully saturated rings. The fourth-order valence-electron chi connectivity index (χ4n) is 1.64. The highest BCUT2D eigenvalue weighted by atomic mass is 32.2. The standard InChI is InChI=1S/C15H13F3N2OS/c1-20(8-12-5-3-2-4-6-12)9-13(15(16,17)18)7-14(10-21)22-11-19/h2-7,9-10H,8H2,1H3/b13-9+,14-7+. The molecular weight excluding hydrogens is 313 g/mol. The van der Waals surface area contributed by atoms with Crippen molar-refractivity contribution in [1.29, 1.82) is 5.26 Å². The van der Waals surface area contributed by atoms with Gasteiger partial charge in [0.1, 0.15) is 5.40 Å². The molecule has 0 saturated heterocycles. The number of alkyl halides is 3. The summed E-state index contributed by atoms with van der Waals surface area (Å²) in [6, 6.07) is 9.02. The lowest BCUT2D eigenvalue weighted by Gasteiger charge is -2.17. The molecule has 0 aliphatic carbocycles. The zero-order valence-corrected chi connectivity index (χ0v) is 12.5. The van der Waals surface area contributed by atoms with Crippen LogP contribution in [0.1, 0.15) is 5.56 Å². The van der Waals surface area contributed by atoms with Crippen molar-refractivity contribution in [2.24, 2.45) is 0 Å². The summed E-state index contributed by atoms with van der Waals surface area (Å²) in [4.78, 5) is 11.8. The van der Waals surface area contributed by atoms with Gasteiger partial charge in [-0.05, 0) is 23.4 Å². The van der Waals surface area contributed by atoms with Gasteiger partial charge < -0.3 is 4.90 Å². The first kappa shape index (κ1) is 17.9. The number of benzene rings is 1. The Kier molecular flexibility index (Phi) is 6.73. The Morgan fingerprint density at radius 2 is 2.00 bits per heavy atom. The van der Waals surface area contributed by atoms with Crippen molar-refractivity contribution < 1.29 is 18.0 Å². The maximum absolute atomic E-state index is 13.0. The summed E-state index contributed by atoms with van der Waals surface area (Å²) in [5.74, 6) is 0. The number of thioether (sulfide) groups is 1. The van der Waals surface area contributed by atoms with Crippen LogP contribution in [-0.2, 0) is 11.3 Å². The van der Waals surface area contributed by atoms with E-state index >= 15 is 0 Å². The number of allylic oxidation sites excluding steroid dienone is 3. The molecule has 0 atom stereocenters. The average Bonchev–Trinajstić information content (AvgIpc) is 2.45. The third-order valence-electron chi connectivity index (χ3n) is 2.54. The topological polar surface area (TPSA) is 44.1 Å². The zero-order valence-electron chi connectivity index (χ0n) is 11.7. The first-order chi connectivity index (χ1) is 10.4. The summed E-state index contributed by atoms with van der Waals surface area (Å²) in [6.45, 7) is 0.288. The Hall–Kier alpha value is -2.20. The van der Waals surface area contributed by atoms with Gasteiger partial charge >= 0.3 is 6.18 Å². The molecule has 0 unspecified atom stereocenters. The highest BCUT2D eigenvalue weighted by molar-refractivity contribution is 8.08. The summed E-state index contributed by atoms with van der Waals surface area (Å²) < 4.78 is 39.0. The molecule has 0 saturated carbocycles. The summed E-state index contributed by atoms with van der Waals surface area (Å²) in [5, 5.41) is 10.0. The molecular formula is C15H13F3N2OS. The van der Waals surface area contributed by atoms with Crippen LogP contribution in [-0.4, -0.2) is 24.4 Å². The lowest BCUT2D eigenvalue weighted by molar-refractivity contribution is -0.104. The van der Waals surface area contributed by atoms with Gasteiger partial charge in [-0.25, -0.2) is 0 Å². The first-order valence-corrected chi connectivity index (χ1v) is 6.94. The van der Waals surface area contributed by atoms with E-state index in [-0.39, 0.29) is 17.7 Å². The van der Waals surface area contributed by atoms with E-state index in [1.807, 2.05) is 6.07 Å². The smallest absolute Gasteiger partial charge is 0.376 e. The van der Waals surface area contributed by atoms with E-state index in [2.05, 4.69) is 0 Å². The lowest BCUT2D eigenvalue weighted by atomic mass is 10.2. The summed E-state index contributed by atoms with van der Waals surface area (Å²) in [7, 11) is 1.50. The molecule has 1 aromatic carbocycles. The highest BCUT2D eigenvalue weighted by Gasteiger charge is 2.33. The van der Waals surface area contributed by atoms with Gasteiger partial charge in [0, 0.05) is 19.8 Å². The minimum Gasteiger partial charge on any atom is -0.376 e. The number of nitriles is 1. The molecule has 0 spiro atoms.